The molecule has 1 heterocycles. The summed E-state index contributed by atoms with van der Waals surface area (Å²) in [5.74, 6) is 0.603. The van der Waals surface area contributed by atoms with Gasteiger partial charge in [0, 0.05) is 24.6 Å². The van der Waals surface area contributed by atoms with Gasteiger partial charge in [0.2, 0.25) is 0 Å². The number of hydrogen-bond donors (Lipinski definition) is 1. The number of fused-ring (bicyclic) bond motifs is 2. The van der Waals surface area contributed by atoms with E-state index in [9.17, 15) is 9.90 Å². The summed E-state index contributed by atoms with van der Waals surface area (Å²) in [7, 11) is 6.06. The molecule has 0 spiro atoms. The molecule has 0 saturated carbocycles. The van der Waals surface area contributed by atoms with Gasteiger partial charge in [-0.1, -0.05) is 15.9 Å². The van der Waals surface area contributed by atoms with E-state index in [0.717, 1.165) is 13.9 Å². The van der Waals surface area contributed by atoms with Gasteiger partial charge in [-0.2, -0.15) is 0 Å². The van der Waals surface area contributed by atoms with E-state index < -0.39 is 6.10 Å². The maximum Gasteiger partial charge on any atom is 0.196 e. The Morgan fingerprint density at radius 1 is 1.12 bits per heavy atom. The van der Waals surface area contributed by atoms with Crippen LogP contribution in [0.2, 0.25) is 0 Å². The summed E-state index contributed by atoms with van der Waals surface area (Å²) < 4.78 is 9.15. The molecule has 3 aromatic rings. The highest BCUT2D eigenvalue weighted by molar-refractivity contribution is 9.10. The fourth-order valence-electron chi connectivity index (χ4n) is 2.77. The molecule has 0 aliphatic carbocycles. The second-order valence-electron chi connectivity index (χ2n) is 7.17. The van der Waals surface area contributed by atoms with Crippen LogP contribution in [0.5, 0.6) is 5.75 Å². The van der Waals surface area contributed by atoms with Crippen molar-refractivity contribution in [1.29, 1.82) is 0 Å². The highest BCUT2D eigenvalue weighted by Crippen LogP contribution is 2.29. The molecule has 0 fully saturated rings. The van der Waals surface area contributed by atoms with Gasteiger partial charge in [-0.25, -0.2) is 0 Å². The van der Waals surface area contributed by atoms with E-state index in [2.05, 4.69) is 15.9 Å². The van der Waals surface area contributed by atoms with Gasteiger partial charge in [-0.3, -0.25) is 4.79 Å². The number of rotatable bonds is 5. The molecular weight excluding hydrogens is 438 g/mol. The Morgan fingerprint density at radius 2 is 1.73 bits per heavy atom. The van der Waals surface area contributed by atoms with Crippen LogP contribution in [0, 0.1) is 0 Å². The standard InChI is InChI=1S/C19H21BrNO3S.ClH/c1-21(2,3)10-13(22)11-24-14-5-7-18-16(9-14)19(23)15-8-12(20)4-6-17(15)25-18;/h4-9,13,22H,10-11H2,1-3H3;1H/q+1;/p-1. The number of aliphatic hydroxyl groups excluding tert-OH is 1. The first-order valence-electron chi connectivity index (χ1n) is 8.00. The van der Waals surface area contributed by atoms with E-state index in [1.165, 1.54) is 0 Å². The van der Waals surface area contributed by atoms with Crippen LogP contribution in [-0.4, -0.2) is 50.0 Å². The molecule has 0 aliphatic heterocycles. The first-order chi connectivity index (χ1) is 11.7. The van der Waals surface area contributed by atoms with Gasteiger partial charge in [0.05, 0.1) is 21.1 Å². The van der Waals surface area contributed by atoms with Gasteiger partial charge in [0.25, 0.3) is 0 Å². The zero-order valence-electron chi connectivity index (χ0n) is 14.8. The Balaban J connectivity index is 0.00000243. The minimum absolute atomic E-state index is 0. The van der Waals surface area contributed by atoms with Crippen molar-refractivity contribution in [3.05, 3.63) is 51.1 Å². The molecule has 0 bridgehead atoms. The largest absolute Gasteiger partial charge is 1.00 e. The molecule has 0 saturated heterocycles. The Bertz CT molecular complexity index is 984. The Hall–Kier alpha value is -1.18. The molecule has 0 radical (unpaired) electrons. The van der Waals surface area contributed by atoms with E-state index in [4.69, 9.17) is 4.74 Å². The number of ether oxygens (including phenoxy) is 1. The van der Waals surface area contributed by atoms with Gasteiger partial charge in [0.15, 0.2) is 5.43 Å². The van der Waals surface area contributed by atoms with Crippen molar-refractivity contribution in [3.8, 4) is 5.75 Å². The number of aliphatic hydroxyl groups is 1. The van der Waals surface area contributed by atoms with Crippen LogP contribution in [0.1, 0.15) is 0 Å². The maximum atomic E-state index is 12.8. The minimum atomic E-state index is -0.558. The summed E-state index contributed by atoms with van der Waals surface area (Å²) >= 11 is 5.01. The summed E-state index contributed by atoms with van der Waals surface area (Å²) in [5.41, 5.74) is 0.00223. The zero-order valence-corrected chi connectivity index (χ0v) is 18.0. The van der Waals surface area contributed by atoms with Gasteiger partial charge >= 0.3 is 0 Å². The first-order valence-corrected chi connectivity index (χ1v) is 9.61. The van der Waals surface area contributed by atoms with Crippen molar-refractivity contribution in [2.45, 2.75) is 6.10 Å². The molecule has 1 aromatic heterocycles. The van der Waals surface area contributed by atoms with Crippen molar-refractivity contribution in [2.75, 3.05) is 34.3 Å². The van der Waals surface area contributed by atoms with Crippen LogP contribution in [0.15, 0.2) is 45.7 Å². The molecule has 0 amide bonds. The third kappa shape index (κ3) is 4.96. The second kappa shape index (κ2) is 8.23. The smallest absolute Gasteiger partial charge is 0.196 e. The van der Waals surface area contributed by atoms with Crippen molar-refractivity contribution in [2.24, 2.45) is 0 Å². The molecule has 0 aliphatic rings. The number of halogens is 2. The van der Waals surface area contributed by atoms with Gasteiger partial charge in [-0.05, 0) is 36.4 Å². The fourth-order valence-corrected chi connectivity index (χ4v) is 4.17. The van der Waals surface area contributed by atoms with Crippen LogP contribution >= 0.6 is 27.3 Å². The minimum Gasteiger partial charge on any atom is -1.00 e. The predicted octanol–water partition coefficient (Wildman–Crippen LogP) is 0.627. The average Bonchev–Trinajstić information content (AvgIpc) is 2.52. The maximum absolute atomic E-state index is 12.8. The lowest BCUT2D eigenvalue weighted by molar-refractivity contribution is -0.873. The number of quaternary nitrogens is 1. The molecule has 140 valence electrons. The SMILES string of the molecule is C[N+](C)(C)CC(O)COc1ccc2sc3ccc(Br)cc3c(=O)c2c1.[Cl-]. The van der Waals surface area contributed by atoms with E-state index >= 15 is 0 Å². The van der Waals surface area contributed by atoms with Crippen LogP contribution in [-0.2, 0) is 0 Å². The Kier molecular flexibility index (Phi) is 6.69. The average molecular weight is 459 g/mol. The third-order valence-corrected chi connectivity index (χ3v) is 5.45. The molecule has 1 atom stereocenters. The lowest BCUT2D eigenvalue weighted by atomic mass is 10.2. The molecular formula is C19H21BrClNO3S. The summed E-state index contributed by atoms with van der Waals surface area (Å²) in [5, 5.41) is 11.4. The van der Waals surface area contributed by atoms with E-state index in [1.807, 2.05) is 51.5 Å². The van der Waals surface area contributed by atoms with Crippen LogP contribution in [0.4, 0.5) is 0 Å². The quantitative estimate of drug-likeness (QED) is 0.451. The van der Waals surface area contributed by atoms with E-state index in [-0.39, 0.29) is 24.4 Å². The van der Waals surface area contributed by atoms with Crippen molar-refractivity contribution in [1.82, 2.24) is 0 Å². The Morgan fingerprint density at radius 3 is 2.38 bits per heavy atom. The van der Waals surface area contributed by atoms with Crippen molar-refractivity contribution < 1.29 is 26.7 Å². The summed E-state index contributed by atoms with van der Waals surface area (Å²) in [6.45, 7) is 0.804. The molecule has 26 heavy (non-hydrogen) atoms. The molecule has 4 nitrogen and oxygen atoms in total. The number of nitrogens with zero attached hydrogens (tertiary/aromatic N) is 1. The van der Waals surface area contributed by atoms with Crippen LogP contribution in [0.3, 0.4) is 0 Å². The van der Waals surface area contributed by atoms with E-state index in [1.54, 1.807) is 17.4 Å². The zero-order chi connectivity index (χ0) is 18.2. The van der Waals surface area contributed by atoms with Gasteiger partial charge in [-0.15, -0.1) is 11.3 Å². The highest BCUT2D eigenvalue weighted by Gasteiger charge is 2.16. The predicted molar refractivity (Wildman–Crippen MR) is 108 cm³/mol. The fraction of sp³-hybridized carbons (Fsp3) is 0.316. The summed E-state index contributed by atoms with van der Waals surface area (Å²) in [6.07, 6.45) is -0.558. The highest BCUT2D eigenvalue weighted by atomic mass is 79.9. The monoisotopic (exact) mass is 457 g/mol. The Labute approximate surface area is 171 Å². The second-order valence-corrected chi connectivity index (χ2v) is 9.17. The molecule has 3 rings (SSSR count). The van der Waals surface area contributed by atoms with Crippen molar-refractivity contribution >= 4 is 47.4 Å². The van der Waals surface area contributed by atoms with Gasteiger partial charge < -0.3 is 26.7 Å². The van der Waals surface area contributed by atoms with Gasteiger partial charge in [0.1, 0.15) is 25.0 Å². The van der Waals surface area contributed by atoms with Crippen LogP contribution < -0.4 is 22.6 Å². The van der Waals surface area contributed by atoms with E-state index in [0.29, 0.717) is 27.5 Å². The molecule has 2 aromatic carbocycles. The molecule has 1 unspecified atom stereocenters. The number of benzene rings is 2. The lowest BCUT2D eigenvalue weighted by Crippen LogP contribution is -3.00. The number of likely N-dealkylation sites (N-methyl/N-ethyl adjacent to an activating group) is 1. The molecule has 1 N–H and O–H groups in total. The topological polar surface area (TPSA) is 46.5 Å². The normalized spacial score (nSPS) is 12.8. The lowest BCUT2D eigenvalue weighted by Gasteiger charge is -2.26. The number of hydrogen-bond acceptors (Lipinski definition) is 4. The summed E-state index contributed by atoms with van der Waals surface area (Å²) in [4.78, 5) is 12.8. The van der Waals surface area contributed by atoms with Crippen LogP contribution in [0.25, 0.3) is 20.2 Å². The summed E-state index contributed by atoms with van der Waals surface area (Å²) in [6, 6.07) is 11.3. The van der Waals surface area contributed by atoms with Crippen molar-refractivity contribution in [3.63, 3.8) is 0 Å². The first kappa shape index (κ1) is 21.1. The third-order valence-electron chi connectivity index (χ3n) is 3.80. The molecule has 7 heteroatoms.